The minimum absolute atomic E-state index is 0.154. The summed E-state index contributed by atoms with van der Waals surface area (Å²) in [5.74, 6) is -0.507. The molecule has 1 aromatic carbocycles. The Morgan fingerprint density at radius 2 is 2.06 bits per heavy atom. The molecule has 0 aromatic heterocycles. The Morgan fingerprint density at radius 1 is 1.33 bits per heavy atom. The lowest BCUT2D eigenvalue weighted by atomic mass is 9.95. The Labute approximate surface area is 123 Å². The first kappa shape index (κ1) is 14.0. The molecule has 0 heterocycles. The lowest BCUT2D eigenvalue weighted by Gasteiger charge is -2.28. The zero-order chi connectivity index (χ0) is 13.1. The first-order chi connectivity index (χ1) is 8.58. The Bertz CT molecular complexity index is 453. The highest BCUT2D eigenvalue weighted by atomic mass is 79.9. The minimum atomic E-state index is -0.352. The van der Waals surface area contributed by atoms with Gasteiger partial charge in [0.05, 0.1) is 5.56 Å². The predicted molar refractivity (Wildman–Crippen MR) is 76.5 cm³/mol. The van der Waals surface area contributed by atoms with Gasteiger partial charge in [-0.1, -0.05) is 28.8 Å². The van der Waals surface area contributed by atoms with Gasteiger partial charge in [0.25, 0.3) is 5.91 Å². The van der Waals surface area contributed by atoms with Crippen LogP contribution in [0.2, 0.25) is 0 Å². The number of alkyl halides is 1. The van der Waals surface area contributed by atoms with Gasteiger partial charge in [-0.2, -0.15) is 0 Å². The maximum atomic E-state index is 13.0. The average molecular weight is 379 g/mol. The van der Waals surface area contributed by atoms with E-state index in [0.29, 0.717) is 14.9 Å². The summed E-state index contributed by atoms with van der Waals surface area (Å²) in [5.41, 5.74) is 0.474. The van der Waals surface area contributed by atoms with E-state index in [-0.39, 0.29) is 17.8 Å². The summed E-state index contributed by atoms with van der Waals surface area (Å²) < 4.78 is 13.5. The van der Waals surface area contributed by atoms with Crippen molar-refractivity contribution in [1.29, 1.82) is 0 Å². The van der Waals surface area contributed by atoms with Crippen molar-refractivity contribution in [3.63, 3.8) is 0 Å². The molecular weight excluding hydrogens is 365 g/mol. The number of nitrogens with one attached hydrogen (secondary N) is 1. The summed E-state index contributed by atoms with van der Waals surface area (Å²) in [6, 6.07) is 4.26. The topological polar surface area (TPSA) is 29.1 Å². The van der Waals surface area contributed by atoms with Crippen molar-refractivity contribution in [3.8, 4) is 0 Å². The van der Waals surface area contributed by atoms with Crippen LogP contribution in [0.5, 0.6) is 0 Å². The van der Waals surface area contributed by atoms with E-state index in [9.17, 15) is 9.18 Å². The third-order valence-corrected chi connectivity index (χ3v) is 4.93. The molecule has 5 heteroatoms. The molecule has 2 rings (SSSR count). The van der Waals surface area contributed by atoms with Gasteiger partial charge >= 0.3 is 0 Å². The fourth-order valence-electron chi connectivity index (χ4n) is 2.17. The standard InChI is InChI=1S/C13H14Br2FNO/c14-10-3-1-2-4-12(10)17-13(18)9-6-5-8(16)7-11(9)15/h5-7,10,12H,1-4H2,(H,17,18). The van der Waals surface area contributed by atoms with Gasteiger partial charge in [0, 0.05) is 15.3 Å². The highest BCUT2D eigenvalue weighted by Crippen LogP contribution is 2.25. The van der Waals surface area contributed by atoms with Crippen molar-refractivity contribution in [2.45, 2.75) is 36.6 Å². The molecule has 1 amide bonds. The van der Waals surface area contributed by atoms with Crippen molar-refractivity contribution in [1.82, 2.24) is 5.32 Å². The molecule has 0 bridgehead atoms. The van der Waals surface area contributed by atoms with Crippen LogP contribution >= 0.6 is 31.9 Å². The van der Waals surface area contributed by atoms with Gasteiger partial charge in [-0.3, -0.25) is 4.79 Å². The number of rotatable bonds is 2. The smallest absolute Gasteiger partial charge is 0.252 e. The molecule has 2 unspecified atom stereocenters. The lowest BCUT2D eigenvalue weighted by molar-refractivity contribution is 0.0929. The fourth-order valence-corrected chi connectivity index (χ4v) is 3.42. The molecule has 0 aliphatic heterocycles. The maximum Gasteiger partial charge on any atom is 0.252 e. The molecule has 0 spiro atoms. The first-order valence-electron chi connectivity index (χ1n) is 5.98. The molecule has 1 aliphatic rings. The zero-order valence-corrected chi connectivity index (χ0v) is 12.9. The van der Waals surface area contributed by atoms with Crippen LogP contribution in [-0.4, -0.2) is 16.8 Å². The number of benzene rings is 1. The van der Waals surface area contributed by atoms with Crippen LogP contribution in [-0.2, 0) is 0 Å². The van der Waals surface area contributed by atoms with Crippen LogP contribution in [0.15, 0.2) is 22.7 Å². The molecule has 18 heavy (non-hydrogen) atoms. The van der Waals surface area contributed by atoms with Gasteiger partial charge in [0.15, 0.2) is 0 Å². The maximum absolute atomic E-state index is 13.0. The van der Waals surface area contributed by atoms with E-state index in [4.69, 9.17) is 0 Å². The van der Waals surface area contributed by atoms with Crippen LogP contribution in [0.1, 0.15) is 36.0 Å². The Balaban J connectivity index is 2.07. The second kappa shape index (κ2) is 6.15. The van der Waals surface area contributed by atoms with E-state index < -0.39 is 0 Å². The highest BCUT2D eigenvalue weighted by Gasteiger charge is 2.25. The van der Waals surface area contributed by atoms with E-state index in [1.54, 1.807) is 0 Å². The van der Waals surface area contributed by atoms with Gasteiger partial charge in [-0.25, -0.2) is 4.39 Å². The van der Waals surface area contributed by atoms with Crippen LogP contribution in [0.4, 0.5) is 4.39 Å². The lowest BCUT2D eigenvalue weighted by Crippen LogP contribution is -2.42. The molecule has 0 radical (unpaired) electrons. The number of amides is 1. The molecule has 2 atom stereocenters. The number of carbonyl (C=O) groups excluding carboxylic acids is 1. The van der Waals surface area contributed by atoms with Crippen LogP contribution in [0, 0.1) is 5.82 Å². The first-order valence-corrected chi connectivity index (χ1v) is 7.69. The van der Waals surface area contributed by atoms with Crippen LogP contribution in [0.25, 0.3) is 0 Å². The van der Waals surface area contributed by atoms with Gasteiger partial charge in [-0.05, 0) is 47.0 Å². The average Bonchev–Trinajstić information content (AvgIpc) is 2.32. The summed E-state index contributed by atoms with van der Waals surface area (Å²) >= 11 is 6.81. The minimum Gasteiger partial charge on any atom is -0.348 e. The molecule has 1 fully saturated rings. The molecule has 0 saturated heterocycles. The number of hydrogen-bond donors (Lipinski definition) is 1. The summed E-state index contributed by atoms with van der Waals surface area (Å²) in [5, 5.41) is 3.01. The third kappa shape index (κ3) is 3.32. The van der Waals surface area contributed by atoms with Gasteiger partial charge in [0.1, 0.15) is 5.82 Å². The van der Waals surface area contributed by atoms with Gasteiger partial charge < -0.3 is 5.32 Å². The Morgan fingerprint density at radius 3 is 2.72 bits per heavy atom. The fraction of sp³-hybridized carbons (Fsp3) is 0.462. The largest absolute Gasteiger partial charge is 0.348 e. The predicted octanol–water partition coefficient (Wildman–Crippen LogP) is 4.02. The van der Waals surface area contributed by atoms with Gasteiger partial charge in [-0.15, -0.1) is 0 Å². The summed E-state index contributed by atoms with van der Waals surface area (Å²) in [6.45, 7) is 0. The summed E-state index contributed by atoms with van der Waals surface area (Å²) in [4.78, 5) is 12.4. The molecule has 1 saturated carbocycles. The molecule has 2 nitrogen and oxygen atoms in total. The zero-order valence-electron chi connectivity index (χ0n) is 9.76. The van der Waals surface area contributed by atoms with Crippen molar-refractivity contribution >= 4 is 37.8 Å². The van der Waals surface area contributed by atoms with Gasteiger partial charge in [0.2, 0.25) is 0 Å². The number of halogens is 3. The van der Waals surface area contributed by atoms with Crippen LogP contribution < -0.4 is 5.32 Å². The van der Waals surface area contributed by atoms with E-state index in [2.05, 4.69) is 37.2 Å². The quantitative estimate of drug-likeness (QED) is 0.773. The highest BCUT2D eigenvalue weighted by molar-refractivity contribution is 9.10. The van der Waals surface area contributed by atoms with E-state index in [1.165, 1.54) is 24.6 Å². The normalized spacial score (nSPS) is 23.7. The van der Waals surface area contributed by atoms with E-state index in [1.807, 2.05) is 0 Å². The van der Waals surface area contributed by atoms with Crippen molar-refractivity contribution < 1.29 is 9.18 Å². The van der Waals surface area contributed by atoms with Crippen molar-refractivity contribution in [2.75, 3.05) is 0 Å². The SMILES string of the molecule is O=C(NC1CCCCC1Br)c1ccc(F)cc1Br. The monoisotopic (exact) mass is 377 g/mol. The second-order valence-electron chi connectivity index (χ2n) is 4.50. The molecule has 1 aliphatic carbocycles. The third-order valence-electron chi connectivity index (χ3n) is 3.17. The Kier molecular flexibility index (Phi) is 4.78. The number of hydrogen-bond acceptors (Lipinski definition) is 1. The van der Waals surface area contributed by atoms with Crippen molar-refractivity contribution in [2.24, 2.45) is 0 Å². The molecule has 98 valence electrons. The van der Waals surface area contributed by atoms with Crippen molar-refractivity contribution in [3.05, 3.63) is 34.1 Å². The van der Waals surface area contributed by atoms with E-state index in [0.717, 1.165) is 19.3 Å². The molecule has 1 aromatic rings. The Hall–Kier alpha value is -0.420. The molecular formula is C13H14Br2FNO. The summed E-state index contributed by atoms with van der Waals surface area (Å²) in [6.07, 6.45) is 4.40. The van der Waals surface area contributed by atoms with E-state index >= 15 is 0 Å². The van der Waals surface area contributed by atoms with Crippen LogP contribution in [0.3, 0.4) is 0 Å². The molecule has 1 N–H and O–H groups in total. The number of carbonyl (C=O) groups is 1. The second-order valence-corrected chi connectivity index (χ2v) is 6.54. The summed E-state index contributed by atoms with van der Waals surface area (Å²) in [7, 11) is 0.